The summed E-state index contributed by atoms with van der Waals surface area (Å²) in [5.41, 5.74) is 29.9. The van der Waals surface area contributed by atoms with Gasteiger partial charge in [0.25, 0.3) is 5.69 Å². The molecule has 0 spiro atoms. The van der Waals surface area contributed by atoms with Crippen LogP contribution in [0.2, 0.25) is 5.02 Å². The standard InChI is InChI=1S/C23H35NO4.C20H31NO2.C19H29NO2.C15H19NO4.C13H19N.C9H10ClNO2.C9H11NO2/c1-5-27-21(25)19-14-13-18(15-17-11-9-7-6-8-10-12-17)20(16-19)24-22(26)28-23(2,3)4;1-4-23-20(22)18-13-12-17(19(15-18)21(2)3)14-16-10-8-6-5-7-9-11-16;1-3-22-19(21)17-12-11-16(18(14-17)20-2)13-15-9-7-5-4-6-8-10-15;1-2-20-15(17)12-8-9-13(14(10-12)16(18)19)11-6-4-3-5-7-11;14-13-9-5-4-8-12(13)10-11-6-2-1-3-7-11;1-2-13-9(12)6-3-4-7(10)8(11)5-6;1-2-12-9(11)7-4-3-5-8(10)6-7/h13-14,16-17H,5-12,15H2,1-4H3,(H,24,26);12-13,15-16H,4-11,14H2,1-3H3;11-12,14-15,20H,3-10,13H2,1-2H3;8-11H,2-7H2,1H3;4-5,8-9,11H,1-3,6-7,10,14H2;3-5H,2,11H2,1H3;3-6H,2,10H2,1H3. The fourth-order valence-electron chi connectivity index (χ4n) is 17.6. The maximum Gasteiger partial charge on any atom is 0.412 e. The molecule has 7 aromatic carbocycles. The Bertz CT molecular complexity index is 4650. The fraction of sp³-hybridized carbons (Fsp3) is 0.546. The van der Waals surface area contributed by atoms with Crippen molar-refractivity contribution < 1.29 is 71.6 Å². The minimum absolute atomic E-state index is 0.0439. The first kappa shape index (κ1) is 110. The number of anilines is 6. The lowest BCUT2D eigenvalue weighted by atomic mass is 9.83. The molecule has 1 amide bonds. The molecule has 5 aliphatic rings. The molecule has 132 heavy (non-hydrogen) atoms. The highest BCUT2D eigenvalue weighted by Crippen LogP contribution is 2.39. The summed E-state index contributed by atoms with van der Waals surface area (Å²) in [4.78, 5) is 95.2. The Labute approximate surface area is 792 Å². The van der Waals surface area contributed by atoms with Gasteiger partial charge in [0.1, 0.15) is 5.60 Å². The van der Waals surface area contributed by atoms with Crippen LogP contribution in [0.4, 0.5) is 44.6 Å². The van der Waals surface area contributed by atoms with Crippen molar-refractivity contribution in [3.63, 3.8) is 0 Å². The van der Waals surface area contributed by atoms with Crippen molar-refractivity contribution in [3.8, 4) is 0 Å². The molecule has 0 unspecified atom stereocenters. The number of halogens is 1. The van der Waals surface area contributed by atoms with E-state index in [0.29, 0.717) is 88.9 Å². The number of nitrogens with two attached hydrogens (primary N) is 3. The zero-order valence-corrected chi connectivity index (χ0v) is 81.9. The van der Waals surface area contributed by atoms with Crippen LogP contribution in [0.5, 0.6) is 0 Å². The van der Waals surface area contributed by atoms with Crippen molar-refractivity contribution in [3.05, 3.63) is 216 Å². The first-order valence-corrected chi connectivity index (χ1v) is 49.2. The van der Waals surface area contributed by atoms with Crippen LogP contribution in [0, 0.1) is 33.8 Å². The molecule has 12 rings (SSSR count). The van der Waals surface area contributed by atoms with Gasteiger partial charge in [-0.05, 0) is 238 Å². The van der Waals surface area contributed by atoms with E-state index < -0.39 is 22.6 Å². The molecule has 0 saturated heterocycles. The number of nitrogens with zero attached hydrogens (tertiary/aromatic N) is 2. The molecular formula is C108H154ClN7O16. The van der Waals surface area contributed by atoms with E-state index in [-0.39, 0.29) is 53.6 Å². The molecule has 0 radical (unpaired) electrons. The van der Waals surface area contributed by atoms with Crippen LogP contribution in [0.25, 0.3) is 0 Å². The molecule has 24 heteroatoms. The molecule has 0 atom stereocenters. The van der Waals surface area contributed by atoms with Gasteiger partial charge in [-0.3, -0.25) is 15.4 Å². The SMILES string of the molecule is CCOC(=O)c1ccc(C2CCCCC2)c([N+](=O)[O-])c1.CCOC(=O)c1ccc(CC2CCCCCCC2)c(N(C)C)c1.CCOC(=O)c1ccc(CC2CCCCCCC2)c(NC(=O)OC(C)(C)C)c1.CCOC(=O)c1ccc(CC2CCCCCCC2)c(NC)c1.CCOC(=O)c1ccc(Cl)c(N)c1.CCOC(=O)c1cccc(N)c1.Nc1ccccc1CC1CCCCC1. The van der Waals surface area contributed by atoms with Crippen molar-refractivity contribution in [2.75, 3.05) is 93.5 Å². The largest absolute Gasteiger partial charge is 0.462 e. The zero-order chi connectivity index (χ0) is 96.2. The number of carbonyl (C=O) groups is 7. The van der Waals surface area contributed by atoms with Crippen LogP contribution in [-0.4, -0.2) is 113 Å². The number of nitrogen functional groups attached to an aromatic ring is 3. The third-order valence-corrected chi connectivity index (χ3v) is 24.7. The summed E-state index contributed by atoms with van der Waals surface area (Å²) in [5.74, 6) is 1.21. The topological polar surface area (TPSA) is 333 Å². The highest BCUT2D eigenvalue weighted by Gasteiger charge is 2.28. The second-order valence-electron chi connectivity index (χ2n) is 36.1. The number of hydrogen-bond donors (Lipinski definition) is 5. The minimum Gasteiger partial charge on any atom is -0.462 e. The van der Waals surface area contributed by atoms with Gasteiger partial charge in [0.15, 0.2) is 0 Å². The molecule has 5 fully saturated rings. The molecule has 724 valence electrons. The van der Waals surface area contributed by atoms with Crippen molar-refractivity contribution >= 4 is 93.3 Å². The van der Waals surface area contributed by atoms with E-state index in [9.17, 15) is 43.7 Å². The Kier molecular flexibility index (Phi) is 51.0. The van der Waals surface area contributed by atoms with E-state index in [4.69, 9.17) is 62.0 Å². The summed E-state index contributed by atoms with van der Waals surface area (Å²) in [7, 11) is 6.02. The predicted octanol–water partition coefficient (Wildman–Crippen LogP) is 26.5. The molecule has 23 nitrogen and oxygen atoms in total. The van der Waals surface area contributed by atoms with E-state index >= 15 is 0 Å². The number of rotatable bonds is 25. The number of amides is 1. The summed E-state index contributed by atoms with van der Waals surface area (Å²) in [5, 5.41) is 17.8. The fourth-order valence-corrected chi connectivity index (χ4v) is 17.7. The average Bonchev–Trinajstić information content (AvgIpc) is 0.817. The van der Waals surface area contributed by atoms with Crippen LogP contribution in [-0.2, 0) is 58.8 Å². The normalized spacial score (nSPS) is 15.2. The van der Waals surface area contributed by atoms with Crippen LogP contribution >= 0.6 is 11.6 Å². The second-order valence-corrected chi connectivity index (χ2v) is 36.5. The van der Waals surface area contributed by atoms with Gasteiger partial charge in [-0.15, -0.1) is 0 Å². The molecule has 5 aliphatic carbocycles. The third-order valence-electron chi connectivity index (χ3n) is 24.4. The van der Waals surface area contributed by atoms with Crippen LogP contribution in [0.15, 0.2) is 140 Å². The van der Waals surface area contributed by atoms with Gasteiger partial charge in [-0.1, -0.05) is 246 Å². The minimum atomic E-state index is -0.581. The Morgan fingerprint density at radius 2 is 0.735 bits per heavy atom. The van der Waals surface area contributed by atoms with Crippen LogP contribution < -0.4 is 32.7 Å². The van der Waals surface area contributed by atoms with Gasteiger partial charge in [-0.2, -0.15) is 0 Å². The van der Waals surface area contributed by atoms with Gasteiger partial charge >= 0.3 is 41.9 Å². The molecule has 5 saturated carbocycles. The van der Waals surface area contributed by atoms with Gasteiger partial charge < -0.3 is 60.6 Å². The number of nitrogens with one attached hydrogen (secondary N) is 2. The lowest BCUT2D eigenvalue weighted by molar-refractivity contribution is -0.385. The molecule has 0 aliphatic heterocycles. The number of nitro benzene ring substituents is 1. The van der Waals surface area contributed by atoms with Gasteiger partial charge in [0.2, 0.25) is 0 Å². The first-order chi connectivity index (χ1) is 63.5. The van der Waals surface area contributed by atoms with Crippen molar-refractivity contribution in [1.29, 1.82) is 0 Å². The maximum absolute atomic E-state index is 12.3. The quantitative estimate of drug-likeness (QED) is 0.0117. The molecular weight excluding hydrogens is 1690 g/mol. The van der Waals surface area contributed by atoms with Gasteiger partial charge in [0.05, 0.1) is 88.7 Å². The number of hydrogen-bond acceptors (Lipinski definition) is 21. The molecule has 0 aromatic heterocycles. The summed E-state index contributed by atoms with van der Waals surface area (Å²) < 4.78 is 35.2. The highest BCUT2D eigenvalue weighted by atomic mass is 35.5. The van der Waals surface area contributed by atoms with E-state index in [2.05, 4.69) is 39.8 Å². The monoisotopic (exact) mass is 1840 g/mol. The lowest BCUT2D eigenvalue weighted by Crippen LogP contribution is -2.27. The Hall–Kier alpha value is -10.7. The van der Waals surface area contributed by atoms with Gasteiger partial charge in [-0.25, -0.2) is 33.6 Å². The molecule has 0 heterocycles. The summed E-state index contributed by atoms with van der Waals surface area (Å²) in [6.45, 7) is 18.3. The molecule has 0 bridgehead atoms. The first-order valence-electron chi connectivity index (χ1n) is 48.8. The Morgan fingerprint density at radius 1 is 0.394 bits per heavy atom. The number of carbonyl (C=O) groups excluding carboxylic acids is 7. The number of nitro groups is 1. The summed E-state index contributed by atoms with van der Waals surface area (Å²) in [6.07, 6.45) is 44.3. The van der Waals surface area contributed by atoms with E-state index in [1.807, 2.05) is 98.2 Å². The van der Waals surface area contributed by atoms with Crippen molar-refractivity contribution in [2.24, 2.45) is 23.7 Å². The molecule has 8 N–H and O–H groups in total. The maximum atomic E-state index is 12.3. The third kappa shape index (κ3) is 40.8. The lowest BCUT2D eigenvalue weighted by Gasteiger charge is -2.24. The van der Waals surface area contributed by atoms with E-state index in [1.165, 1.54) is 209 Å². The molecule has 7 aromatic rings. The van der Waals surface area contributed by atoms with E-state index in [0.717, 1.165) is 90.9 Å². The number of ether oxygens (including phenoxy) is 7. The Morgan fingerprint density at radius 3 is 1.13 bits per heavy atom. The van der Waals surface area contributed by atoms with Crippen LogP contribution in [0.1, 0.15) is 357 Å². The number of esters is 6. The van der Waals surface area contributed by atoms with Crippen molar-refractivity contribution in [1.82, 2.24) is 0 Å². The van der Waals surface area contributed by atoms with Crippen molar-refractivity contribution in [2.45, 2.75) is 299 Å². The highest BCUT2D eigenvalue weighted by molar-refractivity contribution is 6.33. The summed E-state index contributed by atoms with van der Waals surface area (Å²) >= 11 is 5.69. The van der Waals surface area contributed by atoms with E-state index in [1.54, 1.807) is 88.4 Å². The summed E-state index contributed by atoms with van der Waals surface area (Å²) in [6, 6.07) is 41.8. The zero-order valence-electron chi connectivity index (χ0n) is 81.2. The Balaban J connectivity index is 0.000000241. The smallest absolute Gasteiger partial charge is 0.412 e. The second kappa shape index (κ2) is 61.2. The predicted molar refractivity (Wildman–Crippen MR) is 534 cm³/mol. The number of para-hydroxylation sites is 1. The number of benzene rings is 7. The van der Waals surface area contributed by atoms with Gasteiger partial charge in [0, 0.05) is 61.2 Å². The van der Waals surface area contributed by atoms with Crippen LogP contribution in [0.3, 0.4) is 0 Å². The average molecular weight is 1840 g/mol.